The normalized spacial score (nSPS) is 11.6. The van der Waals surface area contributed by atoms with E-state index >= 15 is 0 Å². The van der Waals surface area contributed by atoms with Crippen molar-refractivity contribution in [2.45, 2.75) is 39.2 Å². The first kappa shape index (κ1) is 24.7. The first-order valence-electron chi connectivity index (χ1n) is 9.81. The van der Waals surface area contributed by atoms with Gasteiger partial charge in [-0.15, -0.1) is 0 Å². The molecule has 0 aliphatic heterocycles. The third-order valence-corrected chi connectivity index (χ3v) is 5.63. The number of hydrogen-bond acceptors (Lipinski definition) is 4. The van der Waals surface area contributed by atoms with Crippen LogP contribution in [0, 0.1) is 0 Å². The van der Waals surface area contributed by atoms with Crippen LogP contribution in [0.25, 0.3) is 0 Å². The fourth-order valence-electron chi connectivity index (χ4n) is 2.91. The van der Waals surface area contributed by atoms with Gasteiger partial charge in [0.05, 0.1) is 23.2 Å². The number of nitrogens with zero attached hydrogens (tertiary/aromatic N) is 1. The second kappa shape index (κ2) is 10.2. The fourth-order valence-corrected chi connectivity index (χ4v) is 4.05. The van der Waals surface area contributed by atoms with E-state index < -0.39 is 15.6 Å². The summed E-state index contributed by atoms with van der Waals surface area (Å²) < 4.78 is 25.6. The van der Waals surface area contributed by atoms with Crippen molar-refractivity contribution in [2.75, 3.05) is 22.4 Å². The second-order valence-electron chi connectivity index (χ2n) is 8.22. The molecule has 2 aromatic carbocycles. The van der Waals surface area contributed by atoms with Crippen molar-refractivity contribution >= 4 is 44.8 Å². The van der Waals surface area contributed by atoms with Crippen LogP contribution in [0.2, 0.25) is 5.02 Å². The average Bonchev–Trinajstić information content (AvgIpc) is 2.63. The summed E-state index contributed by atoms with van der Waals surface area (Å²) in [6, 6.07) is 13.3. The van der Waals surface area contributed by atoms with E-state index in [1.807, 2.05) is 20.8 Å². The Morgan fingerprint density at radius 2 is 1.74 bits per heavy atom. The Balaban J connectivity index is 2.03. The minimum absolute atomic E-state index is 0.0851. The van der Waals surface area contributed by atoms with Crippen molar-refractivity contribution in [1.29, 1.82) is 0 Å². The SMILES string of the molecule is CC(C)(C)NC(=O)c1ccccc1NC(=O)CCCN(c1cccc(Cl)c1)S(C)(=O)=O. The lowest BCUT2D eigenvalue weighted by Gasteiger charge is -2.23. The Hall–Kier alpha value is -2.58. The van der Waals surface area contributed by atoms with E-state index in [-0.39, 0.29) is 24.8 Å². The molecule has 9 heteroatoms. The first-order chi connectivity index (χ1) is 14.4. The summed E-state index contributed by atoms with van der Waals surface area (Å²) in [5.74, 6) is -0.594. The zero-order valence-corrected chi connectivity index (χ0v) is 19.7. The van der Waals surface area contributed by atoms with Gasteiger partial charge in [-0.3, -0.25) is 13.9 Å². The number of carbonyl (C=O) groups is 2. The van der Waals surface area contributed by atoms with Gasteiger partial charge in [0.25, 0.3) is 5.91 Å². The van der Waals surface area contributed by atoms with Gasteiger partial charge in [-0.25, -0.2) is 8.42 Å². The number of anilines is 2. The van der Waals surface area contributed by atoms with Crippen molar-refractivity contribution in [1.82, 2.24) is 5.32 Å². The van der Waals surface area contributed by atoms with E-state index in [0.717, 1.165) is 6.26 Å². The van der Waals surface area contributed by atoms with Crippen LogP contribution in [0.5, 0.6) is 0 Å². The molecule has 0 fully saturated rings. The molecule has 0 heterocycles. The summed E-state index contributed by atoms with van der Waals surface area (Å²) in [5.41, 5.74) is 0.801. The van der Waals surface area contributed by atoms with Gasteiger partial charge in [0, 0.05) is 23.5 Å². The molecule has 168 valence electrons. The topological polar surface area (TPSA) is 95.6 Å². The van der Waals surface area contributed by atoms with Gasteiger partial charge in [-0.2, -0.15) is 0 Å². The molecule has 0 aliphatic rings. The van der Waals surface area contributed by atoms with E-state index in [1.54, 1.807) is 48.5 Å². The van der Waals surface area contributed by atoms with Crippen LogP contribution >= 0.6 is 11.6 Å². The molecule has 2 N–H and O–H groups in total. The monoisotopic (exact) mass is 465 g/mol. The molecule has 0 aromatic heterocycles. The van der Waals surface area contributed by atoms with Gasteiger partial charge in [-0.1, -0.05) is 29.8 Å². The van der Waals surface area contributed by atoms with Crippen molar-refractivity contribution in [3.63, 3.8) is 0 Å². The second-order valence-corrected chi connectivity index (χ2v) is 10.6. The van der Waals surface area contributed by atoms with Crippen LogP contribution in [-0.2, 0) is 14.8 Å². The first-order valence-corrected chi connectivity index (χ1v) is 12.0. The Morgan fingerprint density at radius 3 is 2.35 bits per heavy atom. The third-order valence-electron chi connectivity index (χ3n) is 4.20. The summed E-state index contributed by atoms with van der Waals surface area (Å²) >= 11 is 5.98. The van der Waals surface area contributed by atoms with E-state index in [1.165, 1.54) is 4.31 Å². The van der Waals surface area contributed by atoms with E-state index in [9.17, 15) is 18.0 Å². The molecular weight excluding hydrogens is 438 g/mol. The Kier molecular flexibility index (Phi) is 8.08. The number of halogens is 1. The lowest BCUT2D eigenvalue weighted by atomic mass is 10.1. The van der Waals surface area contributed by atoms with Crippen molar-refractivity contribution in [3.8, 4) is 0 Å². The number of benzene rings is 2. The molecule has 0 aliphatic carbocycles. The predicted octanol–water partition coefficient (Wildman–Crippen LogP) is 4.05. The van der Waals surface area contributed by atoms with E-state index in [0.29, 0.717) is 28.4 Å². The summed E-state index contributed by atoms with van der Waals surface area (Å²) in [7, 11) is -3.54. The van der Waals surface area contributed by atoms with Gasteiger partial charge in [0.2, 0.25) is 15.9 Å². The number of para-hydroxylation sites is 1. The van der Waals surface area contributed by atoms with Crippen molar-refractivity contribution in [2.24, 2.45) is 0 Å². The van der Waals surface area contributed by atoms with Crippen LogP contribution in [0.4, 0.5) is 11.4 Å². The number of amides is 2. The number of sulfonamides is 1. The number of rotatable bonds is 8. The molecule has 7 nitrogen and oxygen atoms in total. The Bertz CT molecular complexity index is 1050. The van der Waals surface area contributed by atoms with Crippen LogP contribution in [-0.4, -0.2) is 38.6 Å². The fraction of sp³-hybridized carbons (Fsp3) is 0.364. The predicted molar refractivity (Wildman–Crippen MR) is 125 cm³/mol. The van der Waals surface area contributed by atoms with Crippen LogP contribution in [0.15, 0.2) is 48.5 Å². The average molecular weight is 466 g/mol. The molecule has 0 unspecified atom stereocenters. The summed E-state index contributed by atoms with van der Waals surface area (Å²) in [6.07, 6.45) is 1.49. The highest BCUT2D eigenvalue weighted by atomic mass is 35.5. The molecule has 0 spiro atoms. The zero-order valence-electron chi connectivity index (χ0n) is 18.1. The largest absolute Gasteiger partial charge is 0.347 e. The lowest BCUT2D eigenvalue weighted by Crippen LogP contribution is -2.40. The van der Waals surface area contributed by atoms with Gasteiger partial charge in [0.15, 0.2) is 0 Å². The maximum absolute atomic E-state index is 12.5. The van der Waals surface area contributed by atoms with E-state index in [2.05, 4.69) is 10.6 Å². The highest BCUT2D eigenvalue weighted by molar-refractivity contribution is 7.92. The molecular formula is C22H28ClN3O4S. The van der Waals surface area contributed by atoms with Crippen molar-refractivity contribution in [3.05, 3.63) is 59.1 Å². The molecule has 0 radical (unpaired) electrons. The standard InChI is InChI=1S/C22H28ClN3O4S/c1-22(2,3)25-21(28)18-11-5-6-12-19(18)24-20(27)13-8-14-26(31(4,29)30)17-10-7-9-16(23)15-17/h5-7,9-12,15H,8,13-14H2,1-4H3,(H,24,27)(H,25,28). The zero-order chi connectivity index (χ0) is 23.2. The lowest BCUT2D eigenvalue weighted by molar-refractivity contribution is -0.116. The smallest absolute Gasteiger partial charge is 0.253 e. The highest BCUT2D eigenvalue weighted by Gasteiger charge is 2.20. The number of carbonyl (C=O) groups excluding carboxylic acids is 2. The number of hydrogen-bond donors (Lipinski definition) is 2. The number of nitrogens with one attached hydrogen (secondary N) is 2. The molecule has 0 saturated heterocycles. The summed E-state index contributed by atoms with van der Waals surface area (Å²) in [6.45, 7) is 5.75. The molecule has 0 bridgehead atoms. The maximum Gasteiger partial charge on any atom is 0.253 e. The maximum atomic E-state index is 12.5. The molecule has 31 heavy (non-hydrogen) atoms. The Morgan fingerprint density at radius 1 is 1.06 bits per heavy atom. The molecule has 2 rings (SSSR count). The van der Waals surface area contributed by atoms with Gasteiger partial charge in [-0.05, 0) is 57.5 Å². The van der Waals surface area contributed by atoms with E-state index in [4.69, 9.17) is 11.6 Å². The van der Waals surface area contributed by atoms with Crippen LogP contribution in [0.3, 0.4) is 0 Å². The summed E-state index contributed by atoms with van der Waals surface area (Å²) in [5, 5.41) is 6.05. The van der Waals surface area contributed by atoms with Gasteiger partial charge in [0.1, 0.15) is 0 Å². The minimum atomic E-state index is -3.54. The molecule has 0 atom stereocenters. The van der Waals surface area contributed by atoms with Crippen LogP contribution in [0.1, 0.15) is 44.0 Å². The molecule has 2 amide bonds. The van der Waals surface area contributed by atoms with Gasteiger partial charge < -0.3 is 10.6 Å². The third kappa shape index (κ3) is 7.88. The molecule has 0 saturated carbocycles. The minimum Gasteiger partial charge on any atom is -0.347 e. The molecule has 2 aromatic rings. The van der Waals surface area contributed by atoms with Gasteiger partial charge >= 0.3 is 0 Å². The Labute approximate surface area is 188 Å². The summed E-state index contributed by atoms with van der Waals surface area (Å²) in [4.78, 5) is 25.0. The highest BCUT2D eigenvalue weighted by Crippen LogP contribution is 2.22. The van der Waals surface area contributed by atoms with Crippen molar-refractivity contribution < 1.29 is 18.0 Å². The quantitative estimate of drug-likeness (QED) is 0.614. The van der Waals surface area contributed by atoms with Crippen LogP contribution < -0.4 is 14.9 Å².